The first-order valence-electron chi connectivity index (χ1n) is 11.5. The molecular weight excluding hydrogens is 438 g/mol. The van der Waals surface area contributed by atoms with Crippen LogP contribution >= 0.6 is 11.6 Å². The molecule has 7 heteroatoms. The number of methoxy groups -OCH3 is 1. The number of rotatable bonds is 11. The summed E-state index contributed by atoms with van der Waals surface area (Å²) < 4.78 is 20.0. The fraction of sp³-hybridized carbons (Fsp3) is 0.423. The van der Waals surface area contributed by atoms with Crippen molar-refractivity contribution in [1.82, 2.24) is 14.5 Å². The van der Waals surface area contributed by atoms with Crippen LogP contribution in [0.25, 0.3) is 0 Å². The highest BCUT2D eigenvalue weighted by Crippen LogP contribution is 2.29. The van der Waals surface area contributed by atoms with Crippen LogP contribution in [0.4, 0.5) is 0 Å². The van der Waals surface area contributed by atoms with E-state index in [9.17, 15) is 0 Å². The van der Waals surface area contributed by atoms with Gasteiger partial charge in [0.2, 0.25) is 0 Å². The molecule has 6 nitrogen and oxygen atoms in total. The average Bonchev–Trinajstić information content (AvgIpc) is 3.36. The number of ether oxygens (including phenoxy) is 3. The second kappa shape index (κ2) is 11.5. The van der Waals surface area contributed by atoms with Crippen LogP contribution in [0.2, 0.25) is 5.02 Å². The predicted octanol–water partition coefficient (Wildman–Crippen LogP) is 5.07. The Hall–Kier alpha value is -2.54. The molecule has 1 saturated heterocycles. The first-order chi connectivity index (χ1) is 16.1. The van der Waals surface area contributed by atoms with Crippen molar-refractivity contribution in [3.05, 3.63) is 77.8 Å². The number of aromatic nitrogens is 2. The third-order valence-corrected chi connectivity index (χ3v) is 6.43. The maximum Gasteiger partial charge on any atom is 0.120 e. The number of imidazole rings is 1. The van der Waals surface area contributed by atoms with Gasteiger partial charge in [0.15, 0.2) is 0 Å². The minimum atomic E-state index is -0.265. The van der Waals surface area contributed by atoms with Gasteiger partial charge in [-0.3, -0.25) is 4.90 Å². The number of likely N-dealkylation sites (tertiary alicyclic amines) is 1. The molecule has 2 heterocycles. The van der Waals surface area contributed by atoms with Gasteiger partial charge in [-0.25, -0.2) is 4.98 Å². The van der Waals surface area contributed by atoms with E-state index >= 15 is 0 Å². The van der Waals surface area contributed by atoms with Crippen LogP contribution in [0.15, 0.2) is 67.3 Å². The van der Waals surface area contributed by atoms with Crippen LogP contribution in [0.1, 0.15) is 24.8 Å². The van der Waals surface area contributed by atoms with Gasteiger partial charge in [-0.15, -0.1) is 0 Å². The van der Waals surface area contributed by atoms with E-state index in [-0.39, 0.29) is 5.60 Å². The Balaban J connectivity index is 1.22. The van der Waals surface area contributed by atoms with Crippen LogP contribution < -0.4 is 9.47 Å². The number of nitrogens with zero attached hydrogens (tertiary/aromatic N) is 3. The van der Waals surface area contributed by atoms with Gasteiger partial charge in [0, 0.05) is 50.7 Å². The number of hydrogen-bond donors (Lipinski definition) is 0. The van der Waals surface area contributed by atoms with Gasteiger partial charge < -0.3 is 18.8 Å². The molecule has 1 aromatic heterocycles. The van der Waals surface area contributed by atoms with Crippen LogP contribution in [0.5, 0.6) is 11.5 Å². The van der Waals surface area contributed by atoms with E-state index in [2.05, 4.69) is 32.7 Å². The van der Waals surface area contributed by atoms with Gasteiger partial charge in [-0.1, -0.05) is 29.8 Å². The normalized spacial score (nSPS) is 15.9. The molecule has 0 radical (unpaired) electrons. The van der Waals surface area contributed by atoms with E-state index in [1.54, 1.807) is 13.3 Å². The first kappa shape index (κ1) is 23.6. The molecule has 2 aromatic carbocycles. The second-order valence-electron chi connectivity index (χ2n) is 8.56. The molecular formula is C26H32ClN3O3. The van der Waals surface area contributed by atoms with Crippen molar-refractivity contribution in [3.63, 3.8) is 0 Å². The highest BCUT2D eigenvalue weighted by Gasteiger charge is 2.35. The Morgan fingerprint density at radius 2 is 1.82 bits per heavy atom. The lowest BCUT2D eigenvalue weighted by atomic mass is 9.91. The Kier molecular flexibility index (Phi) is 8.26. The number of benzene rings is 2. The monoisotopic (exact) mass is 469 g/mol. The Morgan fingerprint density at radius 3 is 2.55 bits per heavy atom. The summed E-state index contributed by atoms with van der Waals surface area (Å²) >= 11 is 6.07. The minimum Gasteiger partial charge on any atom is -0.494 e. The molecule has 1 fully saturated rings. The molecule has 1 aliphatic rings. The summed E-state index contributed by atoms with van der Waals surface area (Å²) in [5.41, 5.74) is 1.00. The largest absolute Gasteiger partial charge is 0.494 e. The molecule has 0 aliphatic carbocycles. The lowest BCUT2D eigenvalue weighted by Crippen LogP contribution is -2.48. The van der Waals surface area contributed by atoms with Crippen molar-refractivity contribution in [2.75, 3.05) is 33.4 Å². The van der Waals surface area contributed by atoms with Gasteiger partial charge >= 0.3 is 0 Å². The molecule has 0 spiro atoms. The van der Waals surface area contributed by atoms with Crippen molar-refractivity contribution in [3.8, 4) is 11.5 Å². The van der Waals surface area contributed by atoms with Crippen molar-refractivity contribution in [2.24, 2.45) is 0 Å². The van der Waals surface area contributed by atoms with Gasteiger partial charge in [0.25, 0.3) is 0 Å². The zero-order valence-corrected chi connectivity index (χ0v) is 19.9. The molecule has 4 rings (SSSR count). The molecule has 33 heavy (non-hydrogen) atoms. The molecule has 0 unspecified atom stereocenters. The van der Waals surface area contributed by atoms with E-state index in [4.69, 9.17) is 25.8 Å². The van der Waals surface area contributed by atoms with E-state index in [0.717, 1.165) is 56.9 Å². The molecule has 176 valence electrons. The minimum absolute atomic E-state index is 0.265. The average molecular weight is 470 g/mol. The Morgan fingerprint density at radius 1 is 1.03 bits per heavy atom. The molecule has 0 saturated carbocycles. The van der Waals surface area contributed by atoms with Crippen molar-refractivity contribution in [2.45, 2.75) is 38.0 Å². The zero-order valence-electron chi connectivity index (χ0n) is 19.2. The molecule has 0 amide bonds. The zero-order chi connectivity index (χ0) is 22.9. The standard InChI is InChI=1S/C26H32ClN3O3/c1-31-26(20-33-25-8-3-6-23(27)18-25)9-13-29(14-10-26)19-22-5-2-7-24(17-22)32-16-4-12-30-15-11-28-21-30/h2-3,5-8,11,15,17-18,21H,4,9-10,12-14,16,19-20H2,1H3. The summed E-state index contributed by atoms with van der Waals surface area (Å²) in [6, 6.07) is 15.9. The molecule has 3 aromatic rings. The Labute approximate surface area is 201 Å². The summed E-state index contributed by atoms with van der Waals surface area (Å²) in [7, 11) is 1.78. The highest BCUT2D eigenvalue weighted by molar-refractivity contribution is 6.30. The van der Waals surface area contributed by atoms with Crippen molar-refractivity contribution in [1.29, 1.82) is 0 Å². The van der Waals surface area contributed by atoms with Gasteiger partial charge in [-0.2, -0.15) is 0 Å². The van der Waals surface area contributed by atoms with E-state index in [1.165, 1.54) is 5.56 Å². The topological polar surface area (TPSA) is 48.8 Å². The van der Waals surface area contributed by atoms with E-state index in [0.29, 0.717) is 18.2 Å². The van der Waals surface area contributed by atoms with E-state index < -0.39 is 0 Å². The summed E-state index contributed by atoms with van der Waals surface area (Å²) in [5.74, 6) is 1.71. The Bertz CT molecular complexity index is 988. The van der Waals surface area contributed by atoms with Crippen LogP contribution in [0, 0.1) is 0 Å². The van der Waals surface area contributed by atoms with Crippen molar-refractivity contribution < 1.29 is 14.2 Å². The van der Waals surface area contributed by atoms with Crippen molar-refractivity contribution >= 4 is 11.6 Å². The number of piperidine rings is 1. The number of halogens is 1. The summed E-state index contributed by atoms with van der Waals surface area (Å²) in [6.45, 7) is 4.96. The molecule has 0 N–H and O–H groups in total. The second-order valence-corrected chi connectivity index (χ2v) is 9.00. The predicted molar refractivity (Wildman–Crippen MR) is 130 cm³/mol. The van der Waals surface area contributed by atoms with Crippen LogP contribution in [-0.2, 0) is 17.8 Å². The molecule has 0 bridgehead atoms. The smallest absolute Gasteiger partial charge is 0.120 e. The fourth-order valence-corrected chi connectivity index (χ4v) is 4.33. The number of hydrogen-bond acceptors (Lipinski definition) is 5. The molecule has 0 atom stereocenters. The van der Waals surface area contributed by atoms with Gasteiger partial charge in [0.05, 0.1) is 12.9 Å². The quantitative estimate of drug-likeness (QED) is 0.367. The fourth-order valence-electron chi connectivity index (χ4n) is 4.15. The third kappa shape index (κ3) is 6.97. The highest BCUT2D eigenvalue weighted by atomic mass is 35.5. The lowest BCUT2D eigenvalue weighted by molar-refractivity contribution is -0.0839. The molecule has 1 aliphatic heterocycles. The first-order valence-corrected chi connectivity index (χ1v) is 11.9. The summed E-state index contributed by atoms with van der Waals surface area (Å²) in [5, 5.41) is 0.679. The maximum absolute atomic E-state index is 6.07. The summed E-state index contributed by atoms with van der Waals surface area (Å²) in [4.78, 5) is 6.53. The van der Waals surface area contributed by atoms with Gasteiger partial charge in [0.1, 0.15) is 23.7 Å². The van der Waals surface area contributed by atoms with Gasteiger partial charge in [-0.05, 0) is 55.2 Å². The summed E-state index contributed by atoms with van der Waals surface area (Å²) in [6.07, 6.45) is 8.40. The van der Waals surface area contributed by atoms with Crippen LogP contribution in [-0.4, -0.2) is 53.5 Å². The SMILES string of the molecule is COC1(COc2cccc(Cl)c2)CCN(Cc2cccc(OCCCn3ccnc3)c2)CC1. The third-order valence-electron chi connectivity index (χ3n) is 6.19. The van der Waals surface area contributed by atoms with Crippen LogP contribution in [0.3, 0.4) is 0 Å². The lowest BCUT2D eigenvalue weighted by Gasteiger charge is -2.40. The number of aryl methyl sites for hydroxylation is 1. The maximum atomic E-state index is 6.07. The van der Waals surface area contributed by atoms with E-state index in [1.807, 2.05) is 42.9 Å².